The lowest BCUT2D eigenvalue weighted by molar-refractivity contribution is -0.119. The van der Waals surface area contributed by atoms with E-state index in [1.807, 2.05) is 0 Å². The summed E-state index contributed by atoms with van der Waals surface area (Å²) in [7, 11) is -4.10. The molecule has 2 amide bonds. The number of nitrogens with one attached hydrogen (secondary N) is 2. The van der Waals surface area contributed by atoms with Crippen molar-refractivity contribution < 1.29 is 18.0 Å². The van der Waals surface area contributed by atoms with Crippen molar-refractivity contribution in [3.05, 3.63) is 124 Å². The molecule has 4 aromatic rings. The Morgan fingerprint density at radius 2 is 1.56 bits per heavy atom. The van der Waals surface area contributed by atoms with E-state index < -0.39 is 22.5 Å². The largest absolute Gasteiger partial charge is 0.322 e. The molecule has 210 valence electrons. The molecule has 2 N–H and O–H groups in total. The van der Waals surface area contributed by atoms with Gasteiger partial charge in [0.2, 0.25) is 0 Å². The highest BCUT2D eigenvalue weighted by molar-refractivity contribution is 7.92. The van der Waals surface area contributed by atoms with Crippen LogP contribution < -0.4 is 15.0 Å². The molecule has 0 bridgehead atoms. The van der Waals surface area contributed by atoms with Crippen LogP contribution in [-0.2, 0) is 14.8 Å². The van der Waals surface area contributed by atoms with Gasteiger partial charge in [-0.1, -0.05) is 65.7 Å². The van der Waals surface area contributed by atoms with Crippen molar-refractivity contribution in [3.8, 4) is 0 Å². The second-order valence-electron chi connectivity index (χ2n) is 9.04. The smallest absolute Gasteiger partial charge is 0.264 e. The number of carbonyl (C=O) groups is 2. The molecule has 0 saturated carbocycles. The second kappa shape index (κ2) is 13.0. The third kappa shape index (κ3) is 7.52. The Hall–Kier alpha value is -4.18. The quantitative estimate of drug-likeness (QED) is 0.172. The standard InChI is InChI=1S/C30H26Cl2N4O4S/c1-20-14-15-26(18-28(20)32)36(41(39,40)27-12-4-3-5-13-27)19-29(37)35-34-21(2)22-8-7-11-25(17-22)33-30(38)23-9-6-10-24(31)16-23/h3-18H,19H2,1-2H3,(H,33,38)(H,35,37)/b34-21-. The van der Waals surface area contributed by atoms with Gasteiger partial charge in [0.25, 0.3) is 21.8 Å². The summed E-state index contributed by atoms with van der Waals surface area (Å²) in [6.07, 6.45) is 0. The maximum atomic E-state index is 13.5. The van der Waals surface area contributed by atoms with Crippen molar-refractivity contribution >= 4 is 62.1 Å². The van der Waals surface area contributed by atoms with Crippen LogP contribution in [-0.4, -0.2) is 32.5 Å². The van der Waals surface area contributed by atoms with Crippen LogP contribution in [0.3, 0.4) is 0 Å². The minimum Gasteiger partial charge on any atom is -0.322 e. The van der Waals surface area contributed by atoms with Crippen LogP contribution in [0.25, 0.3) is 0 Å². The fourth-order valence-electron chi connectivity index (χ4n) is 3.80. The van der Waals surface area contributed by atoms with Crippen LogP contribution in [0, 0.1) is 6.92 Å². The molecule has 0 heterocycles. The van der Waals surface area contributed by atoms with Crippen LogP contribution in [0.5, 0.6) is 0 Å². The minimum absolute atomic E-state index is 0.0285. The molecule has 0 fully saturated rings. The normalized spacial score (nSPS) is 11.6. The summed E-state index contributed by atoms with van der Waals surface area (Å²) in [4.78, 5) is 25.6. The SMILES string of the molecule is C/C(=N/NC(=O)CN(c1ccc(C)c(Cl)c1)S(=O)(=O)c1ccccc1)c1cccc(NC(=O)c2cccc(Cl)c2)c1. The number of halogens is 2. The fourth-order valence-corrected chi connectivity index (χ4v) is 5.60. The molecular weight excluding hydrogens is 583 g/mol. The molecule has 0 atom stereocenters. The van der Waals surface area contributed by atoms with Crippen LogP contribution in [0.1, 0.15) is 28.4 Å². The highest BCUT2D eigenvalue weighted by Crippen LogP contribution is 2.28. The highest BCUT2D eigenvalue weighted by atomic mass is 35.5. The van der Waals surface area contributed by atoms with E-state index in [1.165, 1.54) is 18.2 Å². The predicted molar refractivity (Wildman–Crippen MR) is 163 cm³/mol. The Morgan fingerprint density at radius 1 is 0.854 bits per heavy atom. The molecule has 0 aliphatic rings. The van der Waals surface area contributed by atoms with Gasteiger partial charge >= 0.3 is 0 Å². The maximum Gasteiger partial charge on any atom is 0.264 e. The first-order valence-corrected chi connectivity index (χ1v) is 14.6. The summed E-state index contributed by atoms with van der Waals surface area (Å²) >= 11 is 12.3. The monoisotopic (exact) mass is 608 g/mol. The van der Waals surface area contributed by atoms with Gasteiger partial charge in [-0.2, -0.15) is 5.10 Å². The van der Waals surface area contributed by atoms with E-state index in [-0.39, 0.29) is 16.5 Å². The lowest BCUT2D eigenvalue weighted by atomic mass is 10.1. The highest BCUT2D eigenvalue weighted by Gasteiger charge is 2.27. The summed E-state index contributed by atoms with van der Waals surface area (Å²) in [5, 5.41) is 7.78. The lowest BCUT2D eigenvalue weighted by Gasteiger charge is -2.24. The lowest BCUT2D eigenvalue weighted by Crippen LogP contribution is -2.39. The molecule has 8 nitrogen and oxygen atoms in total. The summed E-state index contributed by atoms with van der Waals surface area (Å²) in [5.74, 6) is -0.991. The Morgan fingerprint density at radius 3 is 2.27 bits per heavy atom. The Bertz CT molecular complexity index is 1730. The number of rotatable bonds is 9. The fraction of sp³-hybridized carbons (Fsp3) is 0.100. The van der Waals surface area contributed by atoms with Gasteiger partial charge in [0.1, 0.15) is 6.54 Å². The number of hydrazone groups is 1. The predicted octanol–water partition coefficient (Wildman–Crippen LogP) is 6.29. The first-order valence-electron chi connectivity index (χ1n) is 12.4. The van der Waals surface area contributed by atoms with Crippen molar-refractivity contribution in [2.75, 3.05) is 16.2 Å². The topological polar surface area (TPSA) is 108 Å². The van der Waals surface area contributed by atoms with Gasteiger partial charge in [0, 0.05) is 21.3 Å². The number of nitrogens with zero attached hydrogens (tertiary/aromatic N) is 2. The molecule has 0 aliphatic heterocycles. The van der Waals surface area contributed by atoms with Crippen molar-refractivity contribution in [1.29, 1.82) is 0 Å². The minimum atomic E-state index is -4.10. The molecule has 4 aromatic carbocycles. The number of benzene rings is 4. The van der Waals surface area contributed by atoms with E-state index in [1.54, 1.807) is 92.7 Å². The van der Waals surface area contributed by atoms with Crippen LogP contribution in [0.4, 0.5) is 11.4 Å². The van der Waals surface area contributed by atoms with Gasteiger partial charge < -0.3 is 5.32 Å². The number of sulfonamides is 1. The number of amides is 2. The summed E-state index contributed by atoms with van der Waals surface area (Å²) in [6, 6.07) is 26.1. The molecule has 0 spiro atoms. The van der Waals surface area contributed by atoms with Crippen molar-refractivity contribution in [3.63, 3.8) is 0 Å². The molecule has 0 unspecified atom stereocenters. The van der Waals surface area contributed by atoms with Gasteiger partial charge in [0.05, 0.1) is 16.3 Å². The number of aryl methyl sites for hydroxylation is 1. The molecule has 0 radical (unpaired) electrons. The second-order valence-corrected chi connectivity index (χ2v) is 11.7. The number of hydrogen-bond acceptors (Lipinski definition) is 5. The third-order valence-corrected chi connectivity index (χ3v) is 8.47. The van der Waals surface area contributed by atoms with E-state index in [4.69, 9.17) is 23.2 Å². The first-order chi connectivity index (χ1) is 19.5. The first kappa shape index (κ1) is 29.8. The van der Waals surface area contributed by atoms with Gasteiger partial charge in [-0.25, -0.2) is 13.8 Å². The molecule has 41 heavy (non-hydrogen) atoms. The van der Waals surface area contributed by atoms with Gasteiger partial charge in [-0.05, 0) is 79.6 Å². The zero-order valence-electron chi connectivity index (χ0n) is 22.1. The number of hydrogen-bond donors (Lipinski definition) is 2. The average Bonchev–Trinajstić information content (AvgIpc) is 2.96. The van der Waals surface area contributed by atoms with Crippen molar-refractivity contribution in [1.82, 2.24) is 5.43 Å². The number of anilines is 2. The van der Waals surface area contributed by atoms with E-state index >= 15 is 0 Å². The van der Waals surface area contributed by atoms with Crippen LogP contribution in [0.15, 0.2) is 107 Å². The van der Waals surface area contributed by atoms with Gasteiger partial charge in [0.15, 0.2) is 0 Å². The molecular formula is C30H26Cl2N4O4S. The molecule has 4 rings (SSSR count). The molecule has 0 aromatic heterocycles. The van der Waals surface area contributed by atoms with Crippen LogP contribution >= 0.6 is 23.2 Å². The molecule has 0 aliphatic carbocycles. The molecule has 11 heteroatoms. The zero-order valence-corrected chi connectivity index (χ0v) is 24.5. The van der Waals surface area contributed by atoms with Gasteiger partial charge in [-0.15, -0.1) is 0 Å². The van der Waals surface area contributed by atoms with Crippen molar-refractivity contribution in [2.45, 2.75) is 18.7 Å². The van der Waals surface area contributed by atoms with E-state index in [0.29, 0.717) is 32.6 Å². The zero-order chi connectivity index (χ0) is 29.6. The van der Waals surface area contributed by atoms with Crippen molar-refractivity contribution in [2.24, 2.45) is 5.10 Å². The maximum absolute atomic E-state index is 13.5. The summed E-state index contributed by atoms with van der Waals surface area (Å²) in [6.45, 7) is 2.93. The Labute approximate surface area is 248 Å². The van der Waals surface area contributed by atoms with E-state index in [2.05, 4.69) is 15.8 Å². The molecule has 0 saturated heterocycles. The summed E-state index contributed by atoms with van der Waals surface area (Å²) < 4.78 is 28.0. The number of carbonyl (C=O) groups excluding carboxylic acids is 2. The van der Waals surface area contributed by atoms with Crippen LogP contribution in [0.2, 0.25) is 10.0 Å². The Balaban J connectivity index is 1.51. The van der Waals surface area contributed by atoms with E-state index in [0.717, 1.165) is 9.87 Å². The average molecular weight is 610 g/mol. The van der Waals surface area contributed by atoms with Gasteiger partial charge in [-0.3, -0.25) is 13.9 Å². The third-order valence-electron chi connectivity index (χ3n) is 6.04. The Kier molecular flexibility index (Phi) is 9.44. The summed E-state index contributed by atoms with van der Waals surface area (Å²) in [5.41, 5.74) is 5.43. The van der Waals surface area contributed by atoms with E-state index in [9.17, 15) is 18.0 Å².